The Hall–Kier alpha value is -0.296. The van der Waals surface area contributed by atoms with Crippen LogP contribution in [0.3, 0.4) is 0 Å². The molecular formula is C3H4N2Ni+2. The summed E-state index contributed by atoms with van der Waals surface area (Å²) >= 11 is 0. The van der Waals surface area contributed by atoms with Gasteiger partial charge in [0.1, 0.15) is 0 Å². The van der Waals surface area contributed by atoms with Crippen LogP contribution >= 0.6 is 0 Å². The number of nitrogens with zero attached hydrogens (tertiary/aromatic N) is 1. The van der Waals surface area contributed by atoms with Crippen LogP contribution in [0.15, 0.2) is 18.5 Å². The van der Waals surface area contributed by atoms with Crippen molar-refractivity contribution in [2.75, 3.05) is 0 Å². The average Bonchev–Trinajstić information content (AvgIpc) is 1.76. The summed E-state index contributed by atoms with van der Waals surface area (Å²) < 4.78 is 0. The van der Waals surface area contributed by atoms with Gasteiger partial charge in [0.25, 0.3) is 0 Å². The third-order valence-corrected chi connectivity index (χ3v) is 0.406. The first kappa shape index (κ1) is 5.70. The zero-order valence-electron chi connectivity index (χ0n) is 3.00. The predicted octanol–water partition coefficient (Wildman–Crippen LogP) is 0.407. The second-order valence-electron chi connectivity index (χ2n) is 0.766. The van der Waals surface area contributed by atoms with Gasteiger partial charge < -0.3 is 0 Å². The van der Waals surface area contributed by atoms with Crippen LogP contribution in [0, 0.1) is 0 Å². The Bertz CT molecular complexity index is 65.3. The summed E-state index contributed by atoms with van der Waals surface area (Å²) in [7, 11) is 0. The summed E-state index contributed by atoms with van der Waals surface area (Å²) in [5, 5.41) is 6.21. The molecule has 0 aromatic carbocycles. The van der Waals surface area contributed by atoms with Gasteiger partial charge in [0.05, 0.1) is 0 Å². The largest absolute Gasteiger partial charge is 2.00 e. The first-order valence-electron chi connectivity index (χ1n) is 1.44. The summed E-state index contributed by atoms with van der Waals surface area (Å²) in [4.78, 5) is 0. The normalized spacial score (nSPS) is 6.67. The molecule has 0 bridgehead atoms. The SMILES string of the molecule is [Ni+2].c1cn[nH]c1. The van der Waals surface area contributed by atoms with E-state index in [1.54, 1.807) is 12.4 Å². The monoisotopic (exact) mass is 126 g/mol. The van der Waals surface area contributed by atoms with E-state index in [0.29, 0.717) is 0 Å². The van der Waals surface area contributed by atoms with Crippen LogP contribution in [-0.4, -0.2) is 10.2 Å². The van der Waals surface area contributed by atoms with Gasteiger partial charge in [0, 0.05) is 12.4 Å². The van der Waals surface area contributed by atoms with Gasteiger partial charge >= 0.3 is 16.5 Å². The quantitative estimate of drug-likeness (QED) is 0.502. The summed E-state index contributed by atoms with van der Waals surface area (Å²) in [6, 6.07) is 1.83. The summed E-state index contributed by atoms with van der Waals surface area (Å²) in [6.07, 6.45) is 3.46. The van der Waals surface area contributed by atoms with Crippen molar-refractivity contribution in [1.29, 1.82) is 0 Å². The minimum Gasteiger partial charge on any atom is -0.286 e. The Balaban J connectivity index is 0.000000250. The standard InChI is InChI=1S/C3H4N2.Ni/c1-2-4-5-3-1;/h1-3H,(H,4,5);/q;+2. The van der Waals surface area contributed by atoms with Crippen LogP contribution in [0.5, 0.6) is 0 Å². The summed E-state index contributed by atoms with van der Waals surface area (Å²) in [6.45, 7) is 0. The van der Waals surface area contributed by atoms with Gasteiger partial charge in [-0.1, -0.05) is 0 Å². The Kier molecular flexibility index (Phi) is 2.77. The number of hydrogen-bond donors (Lipinski definition) is 1. The van der Waals surface area contributed by atoms with Crippen LogP contribution in [0.1, 0.15) is 0 Å². The molecule has 1 aromatic heterocycles. The first-order valence-corrected chi connectivity index (χ1v) is 1.44. The summed E-state index contributed by atoms with van der Waals surface area (Å²) in [5.74, 6) is 0. The number of aromatic amines is 1. The number of hydrogen-bond acceptors (Lipinski definition) is 1. The topological polar surface area (TPSA) is 28.7 Å². The van der Waals surface area contributed by atoms with E-state index in [0.717, 1.165) is 0 Å². The molecule has 0 amide bonds. The second kappa shape index (κ2) is 2.92. The van der Waals surface area contributed by atoms with Gasteiger partial charge in [-0.05, 0) is 6.07 Å². The molecular weight excluding hydrogens is 123 g/mol. The average molecular weight is 127 g/mol. The minimum absolute atomic E-state index is 0. The van der Waals surface area contributed by atoms with Gasteiger partial charge in [-0.3, -0.25) is 5.10 Å². The van der Waals surface area contributed by atoms with Crippen LogP contribution < -0.4 is 0 Å². The van der Waals surface area contributed by atoms with E-state index in [9.17, 15) is 0 Å². The van der Waals surface area contributed by atoms with Crippen LogP contribution in [-0.2, 0) is 16.5 Å². The molecule has 1 N–H and O–H groups in total. The van der Waals surface area contributed by atoms with Crippen LogP contribution in [0.25, 0.3) is 0 Å². The zero-order chi connectivity index (χ0) is 3.54. The van der Waals surface area contributed by atoms with Crippen molar-refractivity contribution < 1.29 is 16.5 Å². The van der Waals surface area contributed by atoms with E-state index in [2.05, 4.69) is 10.2 Å². The van der Waals surface area contributed by atoms with E-state index in [1.165, 1.54) is 0 Å². The van der Waals surface area contributed by atoms with Gasteiger partial charge in [-0.2, -0.15) is 5.10 Å². The van der Waals surface area contributed by atoms with E-state index < -0.39 is 0 Å². The van der Waals surface area contributed by atoms with Crippen molar-refractivity contribution >= 4 is 0 Å². The molecule has 0 fully saturated rings. The Labute approximate surface area is 45.9 Å². The molecule has 3 heteroatoms. The molecule has 0 aliphatic heterocycles. The van der Waals surface area contributed by atoms with Gasteiger partial charge in [-0.15, -0.1) is 0 Å². The van der Waals surface area contributed by atoms with Crippen molar-refractivity contribution in [2.24, 2.45) is 0 Å². The Morgan fingerprint density at radius 1 is 1.50 bits per heavy atom. The fourth-order valence-electron chi connectivity index (χ4n) is 0.215. The molecule has 34 valence electrons. The van der Waals surface area contributed by atoms with E-state index >= 15 is 0 Å². The molecule has 0 saturated heterocycles. The van der Waals surface area contributed by atoms with Crippen molar-refractivity contribution in [3.63, 3.8) is 0 Å². The molecule has 0 aliphatic rings. The third-order valence-electron chi connectivity index (χ3n) is 0.406. The van der Waals surface area contributed by atoms with Crippen molar-refractivity contribution in [1.82, 2.24) is 10.2 Å². The minimum atomic E-state index is 0. The second-order valence-corrected chi connectivity index (χ2v) is 0.766. The van der Waals surface area contributed by atoms with Crippen molar-refractivity contribution in [3.8, 4) is 0 Å². The molecule has 1 heterocycles. The van der Waals surface area contributed by atoms with Gasteiger partial charge in [0.15, 0.2) is 0 Å². The van der Waals surface area contributed by atoms with Crippen LogP contribution in [0.2, 0.25) is 0 Å². The number of rotatable bonds is 0. The molecule has 1 rings (SSSR count). The molecule has 2 nitrogen and oxygen atoms in total. The van der Waals surface area contributed by atoms with Gasteiger partial charge in [0.2, 0.25) is 0 Å². The molecule has 6 heavy (non-hydrogen) atoms. The van der Waals surface area contributed by atoms with E-state index in [4.69, 9.17) is 0 Å². The van der Waals surface area contributed by atoms with Crippen LogP contribution in [0.4, 0.5) is 0 Å². The molecule has 0 aliphatic carbocycles. The van der Waals surface area contributed by atoms with Crippen molar-refractivity contribution in [2.45, 2.75) is 0 Å². The molecule has 0 spiro atoms. The maximum absolute atomic E-state index is 3.60. The maximum Gasteiger partial charge on any atom is 2.00 e. The van der Waals surface area contributed by atoms with E-state index in [-0.39, 0.29) is 16.5 Å². The molecule has 0 radical (unpaired) electrons. The zero-order valence-corrected chi connectivity index (χ0v) is 3.98. The molecule has 0 atom stereocenters. The van der Waals surface area contributed by atoms with E-state index in [1.807, 2.05) is 6.07 Å². The molecule has 1 aromatic rings. The number of nitrogens with one attached hydrogen (secondary N) is 1. The smallest absolute Gasteiger partial charge is 0.286 e. The molecule has 0 unspecified atom stereocenters. The van der Waals surface area contributed by atoms with Crippen molar-refractivity contribution in [3.05, 3.63) is 18.5 Å². The Morgan fingerprint density at radius 3 is 2.50 bits per heavy atom. The molecule has 0 saturated carbocycles. The fourth-order valence-corrected chi connectivity index (χ4v) is 0.215. The summed E-state index contributed by atoms with van der Waals surface area (Å²) in [5.41, 5.74) is 0. The third kappa shape index (κ3) is 1.22. The first-order chi connectivity index (χ1) is 2.50. The maximum atomic E-state index is 3.60. The number of H-pyrrole nitrogens is 1. The number of aromatic nitrogens is 2. The fraction of sp³-hybridized carbons (Fsp3) is 0. The predicted molar refractivity (Wildman–Crippen MR) is 18.6 cm³/mol. The van der Waals surface area contributed by atoms with Gasteiger partial charge in [-0.25, -0.2) is 0 Å². The Morgan fingerprint density at radius 2 is 2.33 bits per heavy atom.